The molecule has 2 aliphatic rings. The molecule has 3 heterocycles. The molecule has 31 heavy (non-hydrogen) atoms. The molecule has 0 aliphatic carbocycles. The van der Waals surface area contributed by atoms with Crippen molar-refractivity contribution in [2.24, 2.45) is 0 Å². The Labute approximate surface area is 184 Å². The quantitative estimate of drug-likeness (QED) is 0.663. The van der Waals surface area contributed by atoms with E-state index in [4.69, 9.17) is 21.2 Å². The number of hydroxylamine groups is 2. The van der Waals surface area contributed by atoms with Crippen LogP contribution in [0.4, 0.5) is 10.1 Å². The van der Waals surface area contributed by atoms with Crippen LogP contribution in [0.3, 0.4) is 0 Å². The van der Waals surface area contributed by atoms with E-state index in [1.165, 1.54) is 11.1 Å². The molecule has 0 radical (unpaired) electrons. The normalized spacial score (nSPS) is 19.2. The number of anilines is 1. The van der Waals surface area contributed by atoms with Crippen LogP contribution in [-0.2, 0) is 29.1 Å². The molecule has 0 saturated heterocycles. The third-order valence-electron chi connectivity index (χ3n) is 5.46. The molecule has 168 valence electrons. The number of aliphatic hydroxyl groups excluding tert-OH is 1. The summed E-state index contributed by atoms with van der Waals surface area (Å²) in [5, 5.41) is 15.3. The molecule has 1 atom stereocenters. The van der Waals surface area contributed by atoms with Crippen molar-refractivity contribution in [2.45, 2.75) is 25.6 Å². The molecule has 1 aromatic carbocycles. The van der Waals surface area contributed by atoms with Crippen molar-refractivity contribution in [1.82, 2.24) is 19.7 Å². The van der Waals surface area contributed by atoms with Crippen LogP contribution in [-0.4, -0.2) is 77.6 Å². The van der Waals surface area contributed by atoms with Crippen LogP contribution in [0.15, 0.2) is 18.2 Å². The Morgan fingerprint density at radius 2 is 2.26 bits per heavy atom. The Hall–Kier alpha value is -2.24. The molecule has 0 fully saturated rings. The standard InChI is InChI=1S/C20H25ClFN5O4/c1-24(13-3-4-17(22)16(21)7-13)11-30-12-26-6-5-18-15(9-26)19-20(29)25(2)31-14(10-28)8-27(19)23-18/h3-4,7,14,28H,5-6,8-12H2,1-2H3. The number of amides is 1. The largest absolute Gasteiger partial charge is 0.393 e. The smallest absolute Gasteiger partial charge is 0.295 e. The lowest BCUT2D eigenvalue weighted by Gasteiger charge is -2.28. The molecule has 1 unspecified atom stereocenters. The van der Waals surface area contributed by atoms with E-state index in [0.717, 1.165) is 23.5 Å². The van der Waals surface area contributed by atoms with Gasteiger partial charge in [0.25, 0.3) is 5.91 Å². The van der Waals surface area contributed by atoms with Crippen molar-refractivity contribution in [2.75, 3.05) is 45.6 Å². The summed E-state index contributed by atoms with van der Waals surface area (Å²) < 4.78 is 20.8. The van der Waals surface area contributed by atoms with Gasteiger partial charge in [0.05, 0.1) is 23.9 Å². The summed E-state index contributed by atoms with van der Waals surface area (Å²) in [7, 11) is 3.38. The van der Waals surface area contributed by atoms with E-state index in [1.807, 2.05) is 11.9 Å². The van der Waals surface area contributed by atoms with Gasteiger partial charge in [-0.25, -0.2) is 9.45 Å². The monoisotopic (exact) mass is 453 g/mol. The number of rotatable bonds is 6. The summed E-state index contributed by atoms with van der Waals surface area (Å²) in [6.07, 6.45) is 0.176. The Bertz CT molecular complexity index is 971. The average Bonchev–Trinajstić information content (AvgIpc) is 3.05. The van der Waals surface area contributed by atoms with E-state index in [-0.39, 0.29) is 17.5 Å². The van der Waals surface area contributed by atoms with Gasteiger partial charge < -0.3 is 14.7 Å². The predicted molar refractivity (Wildman–Crippen MR) is 111 cm³/mol. The second-order valence-corrected chi connectivity index (χ2v) is 8.14. The molecule has 0 bridgehead atoms. The number of aromatic nitrogens is 2. The number of hydrogen-bond donors (Lipinski definition) is 1. The summed E-state index contributed by atoms with van der Waals surface area (Å²) in [4.78, 5) is 22.2. The number of carbonyl (C=O) groups excluding carboxylic acids is 1. The zero-order chi connectivity index (χ0) is 22.1. The zero-order valence-corrected chi connectivity index (χ0v) is 18.2. The molecular formula is C20H25ClFN5O4. The highest BCUT2D eigenvalue weighted by Gasteiger charge is 2.34. The molecule has 1 N–H and O–H groups in total. The van der Waals surface area contributed by atoms with Gasteiger partial charge in [0.2, 0.25) is 0 Å². The van der Waals surface area contributed by atoms with Crippen molar-refractivity contribution < 1.29 is 23.9 Å². The van der Waals surface area contributed by atoms with Crippen LogP contribution in [0.2, 0.25) is 5.02 Å². The highest BCUT2D eigenvalue weighted by atomic mass is 35.5. The summed E-state index contributed by atoms with van der Waals surface area (Å²) in [6.45, 7) is 2.05. The minimum atomic E-state index is -0.522. The average molecular weight is 454 g/mol. The minimum Gasteiger partial charge on any atom is -0.393 e. The molecule has 4 rings (SSSR count). The number of hydrogen-bond acceptors (Lipinski definition) is 7. The number of halogens is 2. The van der Waals surface area contributed by atoms with Gasteiger partial charge in [-0.15, -0.1) is 0 Å². The number of ether oxygens (including phenoxy) is 1. The maximum absolute atomic E-state index is 13.3. The summed E-state index contributed by atoms with van der Waals surface area (Å²) >= 11 is 5.85. The first-order valence-electron chi connectivity index (χ1n) is 9.98. The van der Waals surface area contributed by atoms with Crippen molar-refractivity contribution in [3.05, 3.63) is 46.0 Å². The highest BCUT2D eigenvalue weighted by Crippen LogP contribution is 2.26. The van der Waals surface area contributed by atoms with Crippen molar-refractivity contribution in [3.63, 3.8) is 0 Å². The molecular weight excluding hydrogens is 429 g/mol. The topological polar surface area (TPSA) is 83.3 Å². The highest BCUT2D eigenvalue weighted by molar-refractivity contribution is 6.31. The first-order chi connectivity index (χ1) is 14.9. The second-order valence-electron chi connectivity index (χ2n) is 7.73. The van der Waals surface area contributed by atoms with Crippen molar-refractivity contribution in [3.8, 4) is 0 Å². The third-order valence-corrected chi connectivity index (χ3v) is 5.75. The van der Waals surface area contributed by atoms with Gasteiger partial charge in [0.1, 0.15) is 31.1 Å². The number of aliphatic hydroxyl groups is 1. The Kier molecular flexibility index (Phi) is 6.44. The number of fused-ring (bicyclic) bond motifs is 3. The third kappa shape index (κ3) is 4.53. The lowest BCUT2D eigenvalue weighted by atomic mass is 10.1. The van der Waals surface area contributed by atoms with Crippen molar-refractivity contribution >= 4 is 23.2 Å². The Balaban J connectivity index is 1.40. The van der Waals surface area contributed by atoms with Gasteiger partial charge in [0.15, 0.2) is 0 Å². The van der Waals surface area contributed by atoms with E-state index < -0.39 is 11.9 Å². The first-order valence-corrected chi connectivity index (χ1v) is 10.4. The van der Waals surface area contributed by atoms with E-state index in [0.29, 0.717) is 38.7 Å². The predicted octanol–water partition coefficient (Wildman–Crippen LogP) is 1.48. The second kappa shape index (κ2) is 9.09. The maximum atomic E-state index is 13.3. The van der Waals surface area contributed by atoms with E-state index in [1.54, 1.807) is 23.9 Å². The van der Waals surface area contributed by atoms with Gasteiger partial charge in [-0.05, 0) is 18.2 Å². The van der Waals surface area contributed by atoms with Crippen LogP contribution in [0.1, 0.15) is 21.7 Å². The Morgan fingerprint density at radius 3 is 3.00 bits per heavy atom. The molecule has 1 aromatic heterocycles. The lowest BCUT2D eigenvalue weighted by Crippen LogP contribution is -2.36. The van der Waals surface area contributed by atoms with Crippen LogP contribution >= 0.6 is 11.6 Å². The van der Waals surface area contributed by atoms with Crippen LogP contribution in [0, 0.1) is 5.82 Å². The zero-order valence-electron chi connectivity index (χ0n) is 17.4. The summed E-state index contributed by atoms with van der Waals surface area (Å²) in [5.74, 6) is -0.736. The van der Waals surface area contributed by atoms with E-state index in [9.17, 15) is 14.3 Å². The van der Waals surface area contributed by atoms with Gasteiger partial charge >= 0.3 is 0 Å². The fraction of sp³-hybridized carbons (Fsp3) is 0.500. The molecule has 9 nitrogen and oxygen atoms in total. The molecule has 0 saturated carbocycles. The minimum absolute atomic E-state index is 0.0665. The summed E-state index contributed by atoms with van der Waals surface area (Å²) in [5.41, 5.74) is 3.01. The summed E-state index contributed by atoms with van der Waals surface area (Å²) in [6, 6.07) is 4.52. The van der Waals surface area contributed by atoms with Crippen LogP contribution in [0.5, 0.6) is 0 Å². The Morgan fingerprint density at radius 1 is 1.45 bits per heavy atom. The lowest BCUT2D eigenvalue weighted by molar-refractivity contribution is -0.159. The van der Waals surface area contributed by atoms with Gasteiger partial charge in [0, 0.05) is 44.9 Å². The van der Waals surface area contributed by atoms with Gasteiger partial charge in [-0.3, -0.25) is 19.2 Å². The van der Waals surface area contributed by atoms with Crippen LogP contribution < -0.4 is 4.90 Å². The fourth-order valence-electron chi connectivity index (χ4n) is 3.81. The first kappa shape index (κ1) is 22.0. The molecule has 11 heteroatoms. The van der Waals surface area contributed by atoms with E-state index >= 15 is 0 Å². The van der Waals surface area contributed by atoms with Gasteiger partial charge in [-0.2, -0.15) is 5.10 Å². The van der Waals surface area contributed by atoms with Crippen LogP contribution in [0.25, 0.3) is 0 Å². The molecule has 0 spiro atoms. The maximum Gasteiger partial charge on any atom is 0.295 e. The van der Waals surface area contributed by atoms with Gasteiger partial charge in [-0.1, -0.05) is 11.6 Å². The molecule has 1 amide bonds. The molecule has 2 aliphatic heterocycles. The van der Waals surface area contributed by atoms with Crippen molar-refractivity contribution in [1.29, 1.82) is 0 Å². The number of carbonyl (C=O) groups is 1. The molecule has 2 aromatic rings. The number of nitrogens with zero attached hydrogens (tertiary/aromatic N) is 5. The number of benzene rings is 1. The SMILES string of the molecule is CN1OC(CO)Cn2nc3c(c2C1=O)CN(COCN(C)c1ccc(F)c(Cl)c1)CC3. The fourth-order valence-corrected chi connectivity index (χ4v) is 3.98. The van der Waals surface area contributed by atoms with E-state index in [2.05, 4.69) is 10.00 Å².